The molecule has 0 spiro atoms. The normalized spacial score (nSPS) is 15.5. The zero-order valence-electron chi connectivity index (χ0n) is 7.58. The Morgan fingerprint density at radius 2 is 2.00 bits per heavy atom. The van der Waals surface area contributed by atoms with Crippen LogP contribution in [0, 0.1) is 10.1 Å². The molecule has 9 heteroatoms. The summed E-state index contributed by atoms with van der Waals surface area (Å²) in [6, 6.07) is 0. The van der Waals surface area contributed by atoms with Crippen LogP contribution in [0.3, 0.4) is 0 Å². The number of carbonyl (C=O) groups is 1. The van der Waals surface area contributed by atoms with Crippen LogP contribution in [0.1, 0.15) is 6.92 Å². The number of ether oxygens (including phenoxy) is 1. The van der Waals surface area contributed by atoms with E-state index in [-0.39, 0.29) is 0 Å². The van der Waals surface area contributed by atoms with Gasteiger partial charge in [0, 0.05) is 4.92 Å². The monoisotopic (exact) mass is 231 g/mol. The van der Waals surface area contributed by atoms with Gasteiger partial charge in [0.2, 0.25) is 0 Å². The Hall–Kier alpha value is -1.38. The summed E-state index contributed by atoms with van der Waals surface area (Å²) in [5.74, 6) is -2.07. The van der Waals surface area contributed by atoms with E-state index in [2.05, 4.69) is 4.74 Å². The summed E-state index contributed by atoms with van der Waals surface area (Å²) in [6.07, 6.45) is -5.45. The van der Waals surface area contributed by atoms with Crippen molar-refractivity contribution in [1.29, 1.82) is 0 Å². The highest BCUT2D eigenvalue weighted by Crippen LogP contribution is 2.31. The number of hydrogen-bond donors (Lipinski definition) is 1. The number of hydrogen-bond acceptors (Lipinski definition) is 5. The van der Waals surface area contributed by atoms with Crippen molar-refractivity contribution in [2.24, 2.45) is 0 Å². The van der Waals surface area contributed by atoms with Crippen LogP contribution in [0.15, 0.2) is 0 Å². The van der Waals surface area contributed by atoms with Crippen LogP contribution in [0.25, 0.3) is 0 Å². The van der Waals surface area contributed by atoms with Gasteiger partial charge in [-0.15, -0.1) is 0 Å². The molecule has 0 aromatic carbocycles. The van der Waals surface area contributed by atoms with E-state index in [9.17, 15) is 28.1 Å². The Labute approximate surface area is 81.8 Å². The number of nitrogens with zero attached hydrogens (tertiary/aromatic N) is 1. The molecule has 88 valence electrons. The van der Waals surface area contributed by atoms with Gasteiger partial charge < -0.3 is 9.84 Å². The first kappa shape index (κ1) is 13.6. The maximum absolute atomic E-state index is 12.2. The van der Waals surface area contributed by atoms with E-state index in [4.69, 9.17) is 5.11 Å². The Bertz CT molecular complexity index is 266. The van der Waals surface area contributed by atoms with Gasteiger partial charge in [-0.3, -0.25) is 10.1 Å². The van der Waals surface area contributed by atoms with Gasteiger partial charge in [-0.1, -0.05) is 0 Å². The average molecular weight is 231 g/mol. The Balaban J connectivity index is 5.02. The second-order valence-corrected chi connectivity index (χ2v) is 2.57. The molecule has 0 aliphatic carbocycles. The molecule has 0 saturated carbocycles. The first-order chi connectivity index (χ1) is 6.65. The van der Waals surface area contributed by atoms with Gasteiger partial charge in [-0.2, -0.15) is 13.2 Å². The summed E-state index contributed by atoms with van der Waals surface area (Å²) in [4.78, 5) is 19.2. The van der Waals surface area contributed by atoms with Crippen molar-refractivity contribution in [3.8, 4) is 0 Å². The molecule has 6 nitrogen and oxygen atoms in total. The predicted molar refractivity (Wildman–Crippen MR) is 39.5 cm³/mol. The summed E-state index contributed by atoms with van der Waals surface area (Å²) >= 11 is 0. The van der Waals surface area contributed by atoms with E-state index in [0.29, 0.717) is 0 Å². The molecule has 0 unspecified atom stereocenters. The topological polar surface area (TPSA) is 89.7 Å². The Morgan fingerprint density at radius 3 is 2.27 bits per heavy atom. The lowest BCUT2D eigenvalue weighted by molar-refractivity contribution is -0.510. The van der Waals surface area contributed by atoms with Crippen molar-refractivity contribution in [3.05, 3.63) is 10.1 Å². The van der Waals surface area contributed by atoms with Gasteiger partial charge in [-0.25, -0.2) is 4.79 Å². The quantitative estimate of drug-likeness (QED) is 0.421. The molecule has 0 aromatic heterocycles. The van der Waals surface area contributed by atoms with Crippen molar-refractivity contribution in [2.75, 3.05) is 13.2 Å². The molecule has 0 amide bonds. The number of alkyl halides is 3. The summed E-state index contributed by atoms with van der Waals surface area (Å²) in [5, 5.41) is 18.8. The second kappa shape index (κ2) is 4.43. The van der Waals surface area contributed by atoms with Gasteiger partial charge >= 0.3 is 17.7 Å². The fourth-order valence-electron chi connectivity index (χ4n) is 0.707. The molecular weight excluding hydrogens is 223 g/mol. The number of carbonyl (C=O) groups excluding carboxylic acids is 1. The number of esters is 1. The molecule has 0 rings (SSSR count). The molecule has 0 bridgehead atoms. The average Bonchev–Trinajstić information content (AvgIpc) is 2.01. The highest BCUT2D eigenvalue weighted by atomic mass is 19.4. The first-order valence-electron chi connectivity index (χ1n) is 3.73. The third kappa shape index (κ3) is 3.05. The summed E-state index contributed by atoms with van der Waals surface area (Å²) < 4.78 is 40.5. The third-order valence-electron chi connectivity index (χ3n) is 1.44. The van der Waals surface area contributed by atoms with Gasteiger partial charge in [0.25, 0.3) is 6.54 Å². The number of halogens is 3. The van der Waals surface area contributed by atoms with Crippen molar-refractivity contribution in [3.63, 3.8) is 0 Å². The highest BCUT2D eigenvalue weighted by molar-refractivity contribution is 5.80. The van der Waals surface area contributed by atoms with E-state index in [1.54, 1.807) is 0 Å². The Morgan fingerprint density at radius 1 is 1.53 bits per heavy atom. The molecule has 15 heavy (non-hydrogen) atoms. The zero-order valence-corrected chi connectivity index (χ0v) is 7.58. The maximum Gasteiger partial charge on any atom is 0.434 e. The van der Waals surface area contributed by atoms with Crippen LogP contribution < -0.4 is 0 Å². The van der Waals surface area contributed by atoms with Crippen LogP contribution in [0.4, 0.5) is 13.2 Å². The minimum absolute atomic E-state index is 0.422. The smallest absolute Gasteiger partial charge is 0.434 e. The molecule has 1 atom stereocenters. The van der Waals surface area contributed by atoms with Crippen molar-refractivity contribution >= 4 is 5.97 Å². The van der Waals surface area contributed by atoms with Crippen LogP contribution in [0.5, 0.6) is 0 Å². The molecule has 0 aliphatic rings. The van der Waals surface area contributed by atoms with Crippen molar-refractivity contribution < 1.29 is 32.7 Å². The van der Waals surface area contributed by atoms with Crippen LogP contribution in [-0.4, -0.2) is 40.9 Å². The van der Waals surface area contributed by atoms with Gasteiger partial charge in [0.15, 0.2) is 0 Å². The summed E-state index contributed by atoms with van der Waals surface area (Å²) in [5.41, 5.74) is -4.09. The Kier molecular flexibility index (Phi) is 4.02. The number of rotatable bonds is 4. The van der Waals surface area contributed by atoms with Crippen molar-refractivity contribution in [1.82, 2.24) is 0 Å². The lowest BCUT2D eigenvalue weighted by atomic mass is 10.0. The molecular formula is C6H8F3NO5. The minimum Gasteiger partial charge on any atom is -0.463 e. The van der Waals surface area contributed by atoms with E-state index in [1.165, 1.54) is 6.92 Å². The first-order valence-corrected chi connectivity index (χ1v) is 3.73. The number of nitro groups is 1. The largest absolute Gasteiger partial charge is 0.463 e. The molecule has 0 aliphatic heterocycles. The van der Waals surface area contributed by atoms with Gasteiger partial charge in [0.05, 0.1) is 6.61 Å². The molecule has 1 N–H and O–H groups in total. The fraction of sp³-hybridized carbons (Fsp3) is 0.833. The van der Waals surface area contributed by atoms with E-state index in [0.717, 1.165) is 0 Å². The lowest BCUT2D eigenvalue weighted by Crippen LogP contribution is -2.57. The van der Waals surface area contributed by atoms with Crippen LogP contribution >= 0.6 is 0 Å². The molecule has 0 heterocycles. The summed E-state index contributed by atoms with van der Waals surface area (Å²) in [6.45, 7) is -1.19. The number of aliphatic hydroxyl groups is 1. The zero-order chi connectivity index (χ0) is 12.3. The molecule has 0 radical (unpaired) electrons. The summed E-state index contributed by atoms with van der Waals surface area (Å²) in [7, 11) is 0. The van der Waals surface area contributed by atoms with Crippen LogP contribution in [0.2, 0.25) is 0 Å². The molecule has 0 fully saturated rings. The van der Waals surface area contributed by atoms with E-state index < -0.39 is 35.8 Å². The van der Waals surface area contributed by atoms with Gasteiger partial charge in [-0.05, 0) is 6.92 Å². The standard InChI is InChI=1S/C6H8F3NO5/c1-2-15-4(11)5(12,3-10(13)14)6(7,8)9/h12H,2-3H2,1H3/t5-/m0/s1. The van der Waals surface area contributed by atoms with Gasteiger partial charge in [0.1, 0.15) is 0 Å². The highest BCUT2D eigenvalue weighted by Gasteiger charge is 2.64. The predicted octanol–water partition coefficient (Wildman–Crippen LogP) is 0.120. The third-order valence-corrected chi connectivity index (χ3v) is 1.44. The fourth-order valence-corrected chi connectivity index (χ4v) is 0.707. The van der Waals surface area contributed by atoms with Crippen molar-refractivity contribution in [2.45, 2.75) is 18.7 Å². The molecule has 0 aromatic rings. The molecule has 0 saturated heterocycles. The SMILES string of the molecule is CCOC(=O)[C@@](O)(C[N+](=O)[O-])C(F)(F)F. The van der Waals surface area contributed by atoms with E-state index >= 15 is 0 Å². The second-order valence-electron chi connectivity index (χ2n) is 2.57. The lowest BCUT2D eigenvalue weighted by Gasteiger charge is -2.23. The van der Waals surface area contributed by atoms with Crippen LogP contribution in [-0.2, 0) is 9.53 Å². The maximum atomic E-state index is 12.2. The minimum atomic E-state index is -5.45. The van der Waals surface area contributed by atoms with E-state index in [1.807, 2.05) is 0 Å².